The average Bonchev–Trinajstić information content (AvgIpc) is 3.49. The predicted molar refractivity (Wildman–Crippen MR) is 144 cm³/mol. The van der Waals surface area contributed by atoms with Crippen molar-refractivity contribution in [3.63, 3.8) is 0 Å². The van der Waals surface area contributed by atoms with E-state index in [9.17, 15) is 8.42 Å². The summed E-state index contributed by atoms with van der Waals surface area (Å²) < 4.78 is 31.4. The molecule has 0 spiro atoms. The van der Waals surface area contributed by atoms with Crippen LogP contribution >= 0.6 is 11.6 Å². The molecule has 4 rings (SSSR count). The number of halogens is 1. The van der Waals surface area contributed by atoms with Crippen molar-refractivity contribution in [3.05, 3.63) is 45.7 Å². The Bertz CT molecular complexity index is 1270. The van der Waals surface area contributed by atoms with E-state index in [0.29, 0.717) is 5.92 Å². The minimum absolute atomic E-state index is 0.0741. The number of nitrogens with zero attached hydrogens (tertiary/aromatic N) is 3. The quantitative estimate of drug-likeness (QED) is 0.337. The molecule has 0 bridgehead atoms. The molecule has 1 aromatic heterocycles. The number of anilines is 3. The van der Waals surface area contributed by atoms with Crippen LogP contribution < -0.4 is 26.4 Å². The number of allylic oxidation sites excluding steroid dienone is 1. The van der Waals surface area contributed by atoms with Gasteiger partial charge in [0.15, 0.2) is 20.7 Å². The van der Waals surface area contributed by atoms with Gasteiger partial charge in [-0.3, -0.25) is 4.99 Å². The molecule has 0 amide bonds. The van der Waals surface area contributed by atoms with Crippen LogP contribution in [0.3, 0.4) is 0 Å². The summed E-state index contributed by atoms with van der Waals surface area (Å²) in [6.07, 6.45) is 6.13. The zero-order valence-corrected chi connectivity index (χ0v) is 22.2. The van der Waals surface area contributed by atoms with E-state index in [1.165, 1.54) is 25.0 Å². The number of rotatable bonds is 10. The van der Waals surface area contributed by atoms with Gasteiger partial charge < -0.3 is 26.4 Å². The molecule has 2 aliphatic rings. The molecule has 1 unspecified atom stereocenters. The number of ether oxygens (including phenoxy) is 1. The lowest BCUT2D eigenvalue weighted by atomic mass is 9.98. The maximum absolute atomic E-state index is 12.6. The van der Waals surface area contributed by atoms with Gasteiger partial charge in [0.05, 0.1) is 28.9 Å². The highest BCUT2D eigenvalue weighted by atomic mass is 35.5. The van der Waals surface area contributed by atoms with E-state index in [4.69, 9.17) is 22.1 Å². The Hall–Kier alpha value is -2.89. The van der Waals surface area contributed by atoms with E-state index in [0.717, 1.165) is 43.8 Å². The van der Waals surface area contributed by atoms with Crippen LogP contribution in [-0.2, 0) is 9.84 Å². The fraction of sp³-hybridized carbons (Fsp3) is 0.458. The SMILES string of the molecule is CN=CC(Nc1nc(Nc2ccc(C3CCNC3)cc2OC2CC2)ncc1Cl)=C(N)S(=O)(=O)C(C)C. The molecular weight excluding hydrogens is 502 g/mol. The van der Waals surface area contributed by atoms with Crippen LogP contribution in [0.1, 0.15) is 44.6 Å². The maximum Gasteiger partial charge on any atom is 0.229 e. The molecule has 2 heterocycles. The Balaban J connectivity index is 1.62. The van der Waals surface area contributed by atoms with Crippen molar-refractivity contribution in [1.29, 1.82) is 0 Å². The zero-order valence-electron chi connectivity index (χ0n) is 20.6. The van der Waals surface area contributed by atoms with Gasteiger partial charge in [0.2, 0.25) is 5.95 Å². The Morgan fingerprint density at radius 2 is 2.11 bits per heavy atom. The van der Waals surface area contributed by atoms with Crippen molar-refractivity contribution in [2.75, 3.05) is 30.8 Å². The molecule has 5 N–H and O–H groups in total. The minimum atomic E-state index is -3.73. The summed E-state index contributed by atoms with van der Waals surface area (Å²) in [6, 6.07) is 6.15. The lowest BCUT2D eigenvalue weighted by molar-refractivity contribution is 0.304. The van der Waals surface area contributed by atoms with Gasteiger partial charge >= 0.3 is 0 Å². The summed E-state index contributed by atoms with van der Waals surface area (Å²) in [7, 11) is -2.22. The van der Waals surface area contributed by atoms with Crippen LogP contribution in [0, 0.1) is 0 Å². The number of sulfone groups is 1. The second-order valence-corrected chi connectivity index (χ2v) is 12.0. The largest absolute Gasteiger partial charge is 0.488 e. The minimum Gasteiger partial charge on any atom is -0.488 e. The van der Waals surface area contributed by atoms with Gasteiger partial charge in [-0.15, -0.1) is 0 Å². The number of aliphatic imine (C=N–C) groups is 1. The molecule has 10 nitrogen and oxygen atoms in total. The Kier molecular flexibility index (Phi) is 8.01. The van der Waals surface area contributed by atoms with E-state index in [1.807, 2.05) is 6.07 Å². The van der Waals surface area contributed by atoms with Gasteiger partial charge in [0, 0.05) is 19.8 Å². The van der Waals surface area contributed by atoms with Crippen LogP contribution in [0.25, 0.3) is 0 Å². The van der Waals surface area contributed by atoms with Crippen LogP contribution in [0.15, 0.2) is 40.1 Å². The summed E-state index contributed by atoms with van der Waals surface area (Å²) in [5.41, 5.74) is 8.04. The zero-order chi connectivity index (χ0) is 25.9. The fourth-order valence-electron chi connectivity index (χ4n) is 3.76. The Labute approximate surface area is 216 Å². The van der Waals surface area contributed by atoms with Gasteiger partial charge in [-0.05, 0) is 63.3 Å². The number of hydrogen-bond donors (Lipinski definition) is 4. The molecule has 194 valence electrons. The summed E-state index contributed by atoms with van der Waals surface area (Å²) in [5, 5.41) is 8.66. The first-order valence-electron chi connectivity index (χ1n) is 11.9. The van der Waals surface area contributed by atoms with E-state index in [-0.39, 0.29) is 33.6 Å². The third-order valence-electron chi connectivity index (χ3n) is 6.05. The van der Waals surface area contributed by atoms with Gasteiger partial charge in [0.25, 0.3) is 0 Å². The molecule has 36 heavy (non-hydrogen) atoms. The molecule has 1 aromatic carbocycles. The second kappa shape index (κ2) is 11.0. The van der Waals surface area contributed by atoms with Crippen molar-refractivity contribution < 1.29 is 13.2 Å². The van der Waals surface area contributed by atoms with Crippen LogP contribution in [-0.4, -0.2) is 56.1 Å². The van der Waals surface area contributed by atoms with Crippen molar-refractivity contribution in [2.45, 2.75) is 50.4 Å². The van der Waals surface area contributed by atoms with Crippen LogP contribution in [0.5, 0.6) is 5.75 Å². The molecule has 1 atom stereocenters. The summed E-state index contributed by atoms with van der Waals surface area (Å²) >= 11 is 6.32. The summed E-state index contributed by atoms with van der Waals surface area (Å²) in [4.78, 5) is 12.7. The normalized spacial score (nSPS) is 19.0. The standard InChI is InChI=1S/C24H32ClN7O3S/c1-14(2)36(33,34)22(26)20(13-27-3)30-23-18(25)12-29-24(32-23)31-19-7-4-15(16-8-9-28-11-16)10-21(19)35-17-5-6-17/h4,7,10,12-14,16-17,28H,5-6,8-9,11,26H2,1-3H3,(H2,29,30,31,32). The number of benzene rings is 1. The van der Waals surface area contributed by atoms with Gasteiger partial charge in [-0.2, -0.15) is 4.98 Å². The van der Waals surface area contributed by atoms with E-state index >= 15 is 0 Å². The monoisotopic (exact) mass is 533 g/mol. The molecule has 12 heteroatoms. The van der Waals surface area contributed by atoms with Gasteiger partial charge in [-0.25, -0.2) is 13.4 Å². The van der Waals surface area contributed by atoms with Crippen LogP contribution in [0.4, 0.5) is 17.5 Å². The number of nitrogens with two attached hydrogens (primary N) is 1. The summed E-state index contributed by atoms with van der Waals surface area (Å²) in [6.45, 7) is 5.08. The second-order valence-electron chi connectivity index (χ2n) is 9.16. The Morgan fingerprint density at radius 1 is 1.33 bits per heavy atom. The van der Waals surface area contributed by atoms with Crippen molar-refractivity contribution in [2.24, 2.45) is 10.7 Å². The van der Waals surface area contributed by atoms with Crippen LogP contribution in [0.2, 0.25) is 5.02 Å². The topological polar surface area (TPSA) is 144 Å². The lowest BCUT2D eigenvalue weighted by Crippen LogP contribution is -2.25. The highest BCUT2D eigenvalue weighted by Gasteiger charge is 2.27. The van der Waals surface area contributed by atoms with E-state index in [1.54, 1.807) is 13.8 Å². The number of hydrogen-bond acceptors (Lipinski definition) is 10. The van der Waals surface area contributed by atoms with Gasteiger partial charge in [-0.1, -0.05) is 17.7 Å². The maximum atomic E-state index is 12.6. The third kappa shape index (κ3) is 6.08. The number of nitrogens with one attached hydrogen (secondary N) is 3. The van der Waals surface area contributed by atoms with E-state index < -0.39 is 15.1 Å². The van der Waals surface area contributed by atoms with Gasteiger partial charge in [0.1, 0.15) is 10.8 Å². The van der Waals surface area contributed by atoms with Crippen molar-refractivity contribution in [1.82, 2.24) is 15.3 Å². The predicted octanol–water partition coefficient (Wildman–Crippen LogP) is 3.56. The van der Waals surface area contributed by atoms with Crippen molar-refractivity contribution in [3.8, 4) is 5.75 Å². The molecule has 2 aromatic rings. The molecule has 0 radical (unpaired) electrons. The highest BCUT2D eigenvalue weighted by molar-refractivity contribution is 7.95. The smallest absolute Gasteiger partial charge is 0.229 e. The molecule has 1 aliphatic heterocycles. The van der Waals surface area contributed by atoms with E-state index in [2.05, 4.69) is 43.0 Å². The van der Waals surface area contributed by atoms with Crippen molar-refractivity contribution >= 4 is 45.1 Å². The molecule has 1 aliphatic carbocycles. The molecule has 1 saturated carbocycles. The molecule has 2 fully saturated rings. The lowest BCUT2D eigenvalue weighted by Gasteiger charge is -2.17. The fourth-order valence-corrected chi connectivity index (χ4v) is 4.81. The Morgan fingerprint density at radius 3 is 2.75 bits per heavy atom. The average molecular weight is 534 g/mol. The highest BCUT2D eigenvalue weighted by Crippen LogP contribution is 2.37. The first-order chi connectivity index (χ1) is 17.2. The number of aromatic nitrogens is 2. The third-order valence-corrected chi connectivity index (χ3v) is 8.40. The first-order valence-corrected chi connectivity index (χ1v) is 13.8. The molecule has 1 saturated heterocycles. The first kappa shape index (κ1) is 26.2. The molecular formula is C24H32ClN7O3S. The summed E-state index contributed by atoms with van der Waals surface area (Å²) in [5.74, 6) is 1.65.